The van der Waals surface area contributed by atoms with Gasteiger partial charge in [0, 0.05) is 84.7 Å². The lowest BCUT2D eigenvalue weighted by atomic mass is 9.75. The van der Waals surface area contributed by atoms with Crippen molar-refractivity contribution >= 4 is 41.5 Å². The van der Waals surface area contributed by atoms with Crippen molar-refractivity contribution < 1.29 is 84.0 Å². The number of esters is 1. The number of nitrogens with zero attached hydrogens (tertiary/aromatic N) is 9. The van der Waals surface area contributed by atoms with Crippen molar-refractivity contribution in [1.29, 1.82) is 5.26 Å². The van der Waals surface area contributed by atoms with Gasteiger partial charge < -0.3 is 53.5 Å². The van der Waals surface area contributed by atoms with Crippen molar-refractivity contribution in [2.24, 2.45) is 128 Å². The minimum absolute atomic E-state index is 0.0360. The lowest BCUT2D eigenvalue weighted by molar-refractivity contribution is -0.153. The Morgan fingerprint density at radius 2 is 0.959 bits per heavy atom. The molecule has 2 N–H and O–H groups in total. The van der Waals surface area contributed by atoms with E-state index < -0.39 is 37.5 Å². The third kappa shape index (κ3) is 54.3. The molecule has 11 aliphatic rings. The molecule has 0 aromatic carbocycles. The van der Waals surface area contributed by atoms with Gasteiger partial charge in [-0.3, -0.25) is 33.8 Å². The molecule has 0 spiro atoms. The number of carbonyl (C=O) groups is 7. The van der Waals surface area contributed by atoms with Gasteiger partial charge >= 0.3 is 24.3 Å². The van der Waals surface area contributed by atoms with Gasteiger partial charge in [0.2, 0.25) is 11.8 Å². The molecule has 0 bridgehead atoms. The molecule has 4 amide bonds. The lowest BCUT2D eigenvalue weighted by Gasteiger charge is -2.44. The second-order valence-electron chi connectivity index (χ2n) is 50.8. The number of Topliss-reactive ketones (excluding diaryl/α,β-unsaturated/α-hetero) is 2. The number of halogens is 6. The molecule has 22 nitrogen and oxygen atoms in total. The normalized spacial score (nSPS) is 24.5. The number of aryl methyl sites for hydroxylation is 1. The van der Waals surface area contributed by atoms with E-state index in [-0.39, 0.29) is 73.1 Å². The summed E-state index contributed by atoms with van der Waals surface area (Å²) in [5, 5.41) is 17.2. The number of aliphatic hydroxyl groups is 1. The number of likely N-dealkylation sites (tertiary alicyclic amines) is 5. The predicted molar refractivity (Wildman–Crippen MR) is 580 cm³/mol. The highest BCUT2D eigenvalue weighted by molar-refractivity contribution is 5.81. The maximum Gasteiger partial charge on any atom is 0.409 e. The number of rotatable bonds is 24. The summed E-state index contributed by atoms with van der Waals surface area (Å²) in [4.78, 5) is 101. The number of methoxy groups -OCH3 is 1. The van der Waals surface area contributed by atoms with Crippen LogP contribution >= 0.6 is 0 Å². The van der Waals surface area contributed by atoms with Gasteiger partial charge in [-0.15, -0.1) is 0 Å². The lowest BCUT2D eigenvalue weighted by Crippen LogP contribution is -2.52. The largest absolute Gasteiger partial charge is 0.462 e. The number of likely N-dealkylation sites (N-methyl/N-ethyl adjacent to an activating group) is 1. The molecule has 6 saturated heterocycles. The second-order valence-corrected chi connectivity index (χ2v) is 50.8. The van der Waals surface area contributed by atoms with E-state index in [0.29, 0.717) is 96.8 Å². The predicted octanol–water partition coefficient (Wildman–Crippen LogP) is 26.6. The molecule has 5 aliphatic carbocycles. The van der Waals surface area contributed by atoms with Crippen molar-refractivity contribution in [2.45, 2.75) is 423 Å². The number of ketones is 2. The van der Waals surface area contributed by atoms with E-state index in [1.807, 2.05) is 38.1 Å². The summed E-state index contributed by atoms with van der Waals surface area (Å²) >= 11 is 0. The van der Waals surface area contributed by atoms with Gasteiger partial charge in [0.15, 0.2) is 0 Å². The maximum absolute atomic E-state index is 13.0. The number of ether oxygens (including phenoxy) is 4. The number of nitriles is 1. The van der Waals surface area contributed by atoms with Crippen LogP contribution in [0.1, 0.15) is 390 Å². The zero-order valence-corrected chi connectivity index (χ0v) is 97.6. The highest BCUT2D eigenvalue weighted by Crippen LogP contribution is 2.43. The highest BCUT2D eigenvalue weighted by Gasteiger charge is 2.40. The van der Waals surface area contributed by atoms with Crippen LogP contribution in [-0.4, -0.2) is 261 Å². The fourth-order valence-electron chi connectivity index (χ4n) is 22.7. The van der Waals surface area contributed by atoms with Crippen LogP contribution in [0.5, 0.6) is 0 Å². The number of aliphatic hydroxyl groups excluding tert-OH is 1. The topological polar surface area (TPSA) is 252 Å². The molecule has 1 aromatic rings. The summed E-state index contributed by atoms with van der Waals surface area (Å²) in [5.41, 5.74) is 4.28. The standard InChI is InChI=1S/C14H25F2NO.C14H28N2O2.C13H21F3O.C12H23NO2.C12H23NO.C12H19NO.C12H22O2.C11H21NO2.C10H16N2.C8H16FN/c1-10(2)12-6-4-11(5-7-12)8-14(18)17(3)9-13(15)16;1-14(2,3)12-5-7-16(8-6-12)11-13(18)15(4)9-10-17;1-9(2)11-5-3-10(4-6-11)7-12(17)8-13(14,15)16;1-5-15-11(14)13-8-6-10(7-9-13)12(2,3)4;1-12(2,3)10-4-6-13(7-5-10)11-8-14-9-11;1-9(2)11-4-3-10(7-11)8-12(14)5-6-13;1-4-12(13)14-11-7-5-10(6-8-11)9(2)3;1-11(2,3)9-5-7-12(8-6-9)10(13)14-4;1-7(2)8-3-4-9-10(5-8)12-6-11-9;1-3-10-5-4-7(2)8(9)6-10/h10-13H,4-9H2,1-3H3;12,17H,5-11H2,1-4H3;9-11H,3-8H2,1-2H3;10H,5-9H2,1-4H3;10-11H,4-9H2,1-3H3;9-11H,3-5,7-8H2,1-2H3;9-11H,4-8H2,1-3H3;9H,5-8H2,1-4H3;6-8H,3-5H2,1-2H3,(H,11,12);7-8H,3-6H2,1-2H3/t;;;;;;;;;7-,8+/m.........0/s1. The summed E-state index contributed by atoms with van der Waals surface area (Å²) in [6.07, 6.45) is 25.7. The molecule has 4 saturated carbocycles. The van der Waals surface area contributed by atoms with Crippen LogP contribution in [-0.2, 0) is 55.8 Å². The van der Waals surface area contributed by atoms with E-state index in [1.54, 1.807) is 16.8 Å². The molecule has 1 aromatic heterocycles. The van der Waals surface area contributed by atoms with Gasteiger partial charge in [-0.05, 0) is 348 Å². The number of H-pyrrole nitrogens is 1. The Morgan fingerprint density at radius 1 is 0.534 bits per heavy atom. The number of alkyl halides is 6. The molecular weight excluding hydrogens is 1860 g/mol. The van der Waals surface area contributed by atoms with E-state index in [4.69, 9.17) is 29.3 Å². The average Bonchev–Trinajstić information content (AvgIpc) is 1.18. The van der Waals surface area contributed by atoms with Gasteiger partial charge in [-0.25, -0.2) is 27.7 Å². The zero-order valence-electron chi connectivity index (χ0n) is 97.6. The van der Waals surface area contributed by atoms with Crippen molar-refractivity contribution in [2.75, 3.05) is 139 Å². The highest BCUT2D eigenvalue weighted by atomic mass is 19.4. The molecule has 0 radical (unpaired) electrons. The Hall–Kier alpha value is -5.63. The summed E-state index contributed by atoms with van der Waals surface area (Å²) in [7, 11) is 4.66. The Kier molecular flexibility index (Phi) is 63.1. The molecule has 6 aliphatic heterocycles. The van der Waals surface area contributed by atoms with E-state index in [9.17, 15) is 59.9 Å². The molecule has 12 rings (SSSR count). The Bertz CT molecular complexity index is 3750. The van der Waals surface area contributed by atoms with Crippen LogP contribution in [0.15, 0.2) is 6.33 Å². The average molecular weight is 2080 g/mol. The molecule has 3 unspecified atom stereocenters. The molecule has 5 atom stereocenters. The van der Waals surface area contributed by atoms with Gasteiger partial charge in [-0.1, -0.05) is 173 Å². The van der Waals surface area contributed by atoms with Crippen LogP contribution in [0.2, 0.25) is 0 Å². The number of hydrogen-bond acceptors (Lipinski definition) is 17. The number of amides is 4. The number of imidazole rings is 1. The van der Waals surface area contributed by atoms with Crippen LogP contribution in [0.3, 0.4) is 0 Å². The van der Waals surface area contributed by atoms with E-state index >= 15 is 0 Å². The fraction of sp³-hybridized carbons (Fsp3) is 0.907. The quantitative estimate of drug-likeness (QED) is 0.0554. The van der Waals surface area contributed by atoms with E-state index in [2.05, 4.69) is 184 Å². The smallest absolute Gasteiger partial charge is 0.409 e. The van der Waals surface area contributed by atoms with Crippen molar-refractivity contribution in [3.05, 3.63) is 17.7 Å². The number of hydrogen-bond donors (Lipinski definition) is 2. The summed E-state index contributed by atoms with van der Waals surface area (Å²) in [6, 6.07) is 2.67. The molecule has 28 heteroatoms. The van der Waals surface area contributed by atoms with Gasteiger partial charge in [0.05, 0.1) is 77.2 Å². The van der Waals surface area contributed by atoms with Crippen LogP contribution in [0.4, 0.5) is 35.9 Å². The SMILES string of the molecule is CC(C)(C)C1CCN(C2COC2)CC1.CC(C)C1CCC(CC(=O)CC#N)C1.CC(C)C1CCC(CC(=O)CC(F)(F)F)CC1.CC(C)C1CCC(CC(=O)N(C)CC(F)F)CC1.CC(C)C1CCc2nc[nH]c2C1.CCC(=O)OC1CCC(C(C)C)CC1.CCN1CC[C@H](C)[C@H](F)C1.CCOC(=O)N1CCC(C(C)(C)C)CC1.CN(CCO)C(=O)CN1CCC(C(C)(C)C)CC1.COC(=O)N1CCC(C(C)(C)C)CC1. The van der Waals surface area contributed by atoms with Crippen molar-refractivity contribution in [1.82, 2.24) is 44.3 Å². The Morgan fingerprint density at radius 3 is 1.35 bits per heavy atom. The number of nitrogens with one attached hydrogen (secondary N) is 1. The van der Waals surface area contributed by atoms with Crippen molar-refractivity contribution in [3.8, 4) is 6.07 Å². The first-order valence-corrected chi connectivity index (χ1v) is 57.5. The number of carbonyl (C=O) groups excluding carboxylic acids is 7. The number of piperidine rings is 5. The first kappa shape index (κ1) is 135. The number of aromatic amines is 1. The first-order valence-electron chi connectivity index (χ1n) is 57.5. The summed E-state index contributed by atoms with van der Waals surface area (Å²) in [5.74, 6) is 11.6. The molecular formula is C118H214F6N10O12. The fourth-order valence-corrected chi connectivity index (χ4v) is 22.7. The van der Waals surface area contributed by atoms with Crippen LogP contribution in [0.25, 0.3) is 0 Å². The monoisotopic (exact) mass is 2080 g/mol. The van der Waals surface area contributed by atoms with E-state index in [0.717, 1.165) is 220 Å². The third-order valence-corrected chi connectivity index (χ3v) is 34.1. The Balaban J connectivity index is 0.000000418. The minimum atomic E-state index is -4.34. The molecule has 146 heavy (non-hydrogen) atoms. The van der Waals surface area contributed by atoms with Crippen LogP contribution < -0.4 is 0 Å². The third-order valence-electron chi connectivity index (χ3n) is 34.1. The van der Waals surface area contributed by atoms with Gasteiger partial charge in [-0.2, -0.15) is 18.4 Å². The van der Waals surface area contributed by atoms with E-state index in [1.165, 1.54) is 133 Å². The minimum Gasteiger partial charge on any atom is -0.462 e. The number of aromatic nitrogens is 2. The zero-order chi connectivity index (χ0) is 110. The maximum atomic E-state index is 13.0. The second kappa shape index (κ2) is 68.5. The molecule has 10 fully saturated rings. The van der Waals surface area contributed by atoms with Gasteiger partial charge in [0.25, 0.3) is 6.43 Å². The summed E-state index contributed by atoms with van der Waals surface area (Å²) in [6.45, 7) is 71.6. The Labute approximate surface area is 884 Å². The molecule has 7 heterocycles. The van der Waals surface area contributed by atoms with Crippen LogP contribution in [0, 0.1) is 140 Å². The molecule has 850 valence electrons. The van der Waals surface area contributed by atoms with Crippen molar-refractivity contribution in [3.63, 3.8) is 0 Å². The first-order chi connectivity index (χ1) is 68.2. The number of fused-ring (bicyclic) bond motifs is 1. The van der Waals surface area contributed by atoms with Gasteiger partial charge in [0.1, 0.15) is 30.3 Å². The summed E-state index contributed by atoms with van der Waals surface area (Å²) < 4.78 is 93.6.